The van der Waals surface area contributed by atoms with Gasteiger partial charge in [-0.2, -0.15) is 0 Å². The largest absolute Gasteiger partial charge is 0.497 e. The zero-order valence-corrected chi connectivity index (χ0v) is 9.71. The summed E-state index contributed by atoms with van der Waals surface area (Å²) < 4.78 is 5.11. The summed E-state index contributed by atoms with van der Waals surface area (Å²) in [5.74, 6) is 0.852. The third-order valence-electron chi connectivity index (χ3n) is 2.62. The van der Waals surface area contributed by atoms with Gasteiger partial charge in [0.25, 0.3) is 0 Å². The number of benzene rings is 1. The van der Waals surface area contributed by atoms with Crippen molar-refractivity contribution in [2.45, 2.75) is 12.5 Å². The zero-order valence-electron chi connectivity index (χ0n) is 9.71. The third kappa shape index (κ3) is 3.01. The van der Waals surface area contributed by atoms with Crippen LogP contribution < -0.4 is 10.5 Å². The fourth-order valence-corrected chi connectivity index (χ4v) is 1.64. The highest BCUT2D eigenvalue weighted by atomic mass is 16.5. The molecule has 1 heterocycles. The molecule has 17 heavy (non-hydrogen) atoms. The summed E-state index contributed by atoms with van der Waals surface area (Å²) in [6.07, 6.45) is 5.77. The van der Waals surface area contributed by atoms with Crippen LogP contribution in [0.3, 0.4) is 0 Å². The van der Waals surface area contributed by atoms with E-state index in [-0.39, 0.29) is 6.04 Å². The van der Waals surface area contributed by atoms with Crippen LogP contribution in [0.1, 0.15) is 17.2 Å². The van der Waals surface area contributed by atoms with Crippen LogP contribution in [-0.4, -0.2) is 17.1 Å². The molecule has 0 bridgehead atoms. The van der Waals surface area contributed by atoms with Crippen LogP contribution in [0.5, 0.6) is 5.75 Å². The number of aromatic nitrogens is 2. The maximum absolute atomic E-state index is 6.09. The number of hydrogen-bond acceptors (Lipinski definition) is 4. The molecule has 0 fully saturated rings. The van der Waals surface area contributed by atoms with E-state index in [4.69, 9.17) is 10.5 Å². The van der Waals surface area contributed by atoms with E-state index >= 15 is 0 Å². The first-order valence-corrected chi connectivity index (χ1v) is 5.43. The lowest BCUT2D eigenvalue weighted by atomic mass is 10.0. The van der Waals surface area contributed by atoms with Gasteiger partial charge in [0.1, 0.15) is 12.1 Å². The molecule has 1 atom stereocenters. The number of rotatable bonds is 4. The quantitative estimate of drug-likeness (QED) is 0.867. The van der Waals surface area contributed by atoms with Crippen LogP contribution in [0.2, 0.25) is 0 Å². The highest BCUT2D eigenvalue weighted by molar-refractivity contribution is 5.28. The van der Waals surface area contributed by atoms with Crippen molar-refractivity contribution in [2.24, 2.45) is 5.73 Å². The summed E-state index contributed by atoms with van der Waals surface area (Å²) in [6.45, 7) is 0. The van der Waals surface area contributed by atoms with Crippen LogP contribution in [0.4, 0.5) is 0 Å². The summed E-state index contributed by atoms with van der Waals surface area (Å²) in [6, 6.07) is 7.82. The number of ether oxygens (including phenoxy) is 1. The monoisotopic (exact) mass is 229 g/mol. The van der Waals surface area contributed by atoms with E-state index in [1.54, 1.807) is 19.5 Å². The number of hydrogen-bond donors (Lipinski definition) is 1. The molecule has 2 N–H and O–H groups in total. The van der Waals surface area contributed by atoms with Gasteiger partial charge in [-0.05, 0) is 24.1 Å². The summed E-state index contributed by atoms with van der Waals surface area (Å²) in [7, 11) is 1.65. The summed E-state index contributed by atoms with van der Waals surface area (Å²) in [4.78, 5) is 7.93. The Bertz CT molecular complexity index is 456. The molecule has 0 spiro atoms. The van der Waals surface area contributed by atoms with Gasteiger partial charge in [-0.25, -0.2) is 9.97 Å². The Labute approximate surface area is 100 Å². The van der Waals surface area contributed by atoms with E-state index in [0.29, 0.717) is 0 Å². The van der Waals surface area contributed by atoms with Crippen molar-refractivity contribution in [3.05, 3.63) is 54.1 Å². The van der Waals surface area contributed by atoms with Crippen molar-refractivity contribution < 1.29 is 4.74 Å². The molecule has 0 saturated heterocycles. The first-order valence-electron chi connectivity index (χ1n) is 5.43. The molecule has 0 aliphatic carbocycles. The van der Waals surface area contributed by atoms with Crippen LogP contribution >= 0.6 is 0 Å². The van der Waals surface area contributed by atoms with Crippen LogP contribution in [-0.2, 0) is 6.42 Å². The molecule has 0 radical (unpaired) electrons. The zero-order chi connectivity index (χ0) is 12.1. The average molecular weight is 229 g/mol. The number of nitrogens with two attached hydrogens (primary N) is 1. The molecule has 2 rings (SSSR count). The molecule has 1 unspecified atom stereocenters. The van der Waals surface area contributed by atoms with Crippen molar-refractivity contribution in [3.8, 4) is 5.75 Å². The van der Waals surface area contributed by atoms with Gasteiger partial charge in [-0.3, -0.25) is 0 Å². The lowest BCUT2D eigenvalue weighted by Crippen LogP contribution is -2.13. The van der Waals surface area contributed by atoms with E-state index in [2.05, 4.69) is 9.97 Å². The molecule has 0 saturated carbocycles. The summed E-state index contributed by atoms with van der Waals surface area (Å²) >= 11 is 0. The van der Waals surface area contributed by atoms with Gasteiger partial charge in [0.05, 0.1) is 7.11 Å². The second-order valence-corrected chi connectivity index (χ2v) is 3.83. The minimum atomic E-state index is -0.0791. The smallest absolute Gasteiger partial charge is 0.118 e. The van der Waals surface area contributed by atoms with Crippen LogP contribution in [0, 0.1) is 0 Å². The molecule has 1 aromatic carbocycles. The fraction of sp³-hybridized carbons (Fsp3) is 0.231. The highest BCUT2D eigenvalue weighted by Gasteiger charge is 2.07. The van der Waals surface area contributed by atoms with Crippen molar-refractivity contribution in [1.82, 2.24) is 9.97 Å². The molecular weight excluding hydrogens is 214 g/mol. The predicted molar refractivity (Wildman–Crippen MR) is 65.7 cm³/mol. The molecular formula is C13H15N3O. The van der Waals surface area contributed by atoms with Crippen LogP contribution in [0.15, 0.2) is 43.0 Å². The maximum atomic E-state index is 6.09. The minimum Gasteiger partial charge on any atom is -0.497 e. The predicted octanol–water partition coefficient (Wildman–Crippen LogP) is 1.73. The van der Waals surface area contributed by atoms with Crippen molar-refractivity contribution in [2.75, 3.05) is 7.11 Å². The molecule has 2 aromatic rings. The van der Waals surface area contributed by atoms with Crippen LogP contribution in [0.25, 0.3) is 0 Å². The van der Waals surface area contributed by atoms with E-state index < -0.39 is 0 Å². The van der Waals surface area contributed by atoms with Crippen molar-refractivity contribution >= 4 is 0 Å². The topological polar surface area (TPSA) is 61.0 Å². The lowest BCUT2D eigenvalue weighted by Gasteiger charge is -2.11. The third-order valence-corrected chi connectivity index (χ3v) is 2.62. The van der Waals surface area contributed by atoms with Crippen molar-refractivity contribution in [3.63, 3.8) is 0 Å². The average Bonchev–Trinajstić information content (AvgIpc) is 2.40. The van der Waals surface area contributed by atoms with Gasteiger partial charge in [-0.15, -0.1) is 0 Å². The van der Waals surface area contributed by atoms with Crippen molar-refractivity contribution in [1.29, 1.82) is 0 Å². The van der Waals surface area contributed by atoms with Gasteiger partial charge in [-0.1, -0.05) is 12.1 Å². The number of methoxy groups -OCH3 is 1. The molecule has 1 aromatic heterocycles. The minimum absolute atomic E-state index is 0.0791. The maximum Gasteiger partial charge on any atom is 0.118 e. The first-order chi connectivity index (χ1) is 8.29. The Hall–Kier alpha value is -1.94. The Kier molecular flexibility index (Phi) is 3.67. The second kappa shape index (κ2) is 5.41. The first kappa shape index (κ1) is 11.5. The Morgan fingerprint density at radius 1 is 1.18 bits per heavy atom. The number of nitrogens with zero attached hydrogens (tertiary/aromatic N) is 2. The summed E-state index contributed by atoms with van der Waals surface area (Å²) in [5, 5.41) is 0. The molecule has 4 nitrogen and oxygen atoms in total. The molecule has 0 aliphatic rings. The van der Waals surface area contributed by atoms with Gasteiger partial charge < -0.3 is 10.5 Å². The fourth-order valence-electron chi connectivity index (χ4n) is 1.64. The Morgan fingerprint density at radius 2 is 1.82 bits per heavy atom. The van der Waals surface area contributed by atoms with E-state index in [0.717, 1.165) is 17.7 Å². The lowest BCUT2D eigenvalue weighted by molar-refractivity contribution is 0.414. The van der Waals surface area contributed by atoms with Gasteiger partial charge in [0.2, 0.25) is 0 Å². The second-order valence-electron chi connectivity index (χ2n) is 3.83. The molecule has 4 heteroatoms. The van der Waals surface area contributed by atoms with E-state index in [9.17, 15) is 0 Å². The highest BCUT2D eigenvalue weighted by Crippen LogP contribution is 2.17. The van der Waals surface area contributed by atoms with Gasteiger partial charge in [0, 0.05) is 24.0 Å². The summed E-state index contributed by atoms with van der Waals surface area (Å²) in [5.41, 5.74) is 8.20. The molecule has 88 valence electrons. The Morgan fingerprint density at radius 3 is 2.41 bits per heavy atom. The SMILES string of the molecule is COc1ccc(CC(N)c2cncnc2)cc1. The standard InChI is InChI=1S/C13H15N3O/c1-17-12-4-2-10(3-5-12)6-13(14)11-7-15-9-16-8-11/h2-5,7-9,13H,6,14H2,1H3. The molecule has 0 aliphatic heterocycles. The van der Waals surface area contributed by atoms with E-state index in [1.807, 2.05) is 24.3 Å². The van der Waals surface area contributed by atoms with Gasteiger partial charge in [0.15, 0.2) is 0 Å². The normalized spacial score (nSPS) is 12.1. The molecule has 0 amide bonds. The Balaban J connectivity index is 2.05. The van der Waals surface area contributed by atoms with Gasteiger partial charge >= 0.3 is 0 Å². The van der Waals surface area contributed by atoms with E-state index in [1.165, 1.54) is 11.9 Å².